The predicted molar refractivity (Wildman–Crippen MR) is 220 cm³/mol. The molecule has 5 N–H and O–H groups in total. The minimum Gasteiger partial charge on any atom is -0.356 e. The summed E-state index contributed by atoms with van der Waals surface area (Å²) in [7, 11) is 0. The largest absolute Gasteiger partial charge is 0.356 e. The molecule has 59 heavy (non-hydrogen) atoms. The maximum atomic E-state index is 13.1. The van der Waals surface area contributed by atoms with Crippen molar-refractivity contribution in [1.82, 2.24) is 31.1 Å². The van der Waals surface area contributed by atoms with Crippen LogP contribution in [0, 0.1) is 11.8 Å². The van der Waals surface area contributed by atoms with E-state index in [9.17, 15) is 43.2 Å². The molecule has 16 nitrogen and oxygen atoms in total. The zero-order valence-corrected chi connectivity index (χ0v) is 34.4. The van der Waals surface area contributed by atoms with Crippen LogP contribution in [0.5, 0.6) is 0 Å². The first-order valence-corrected chi connectivity index (χ1v) is 22.0. The van der Waals surface area contributed by atoms with Crippen molar-refractivity contribution in [1.29, 1.82) is 0 Å². The van der Waals surface area contributed by atoms with Gasteiger partial charge in [0.25, 0.3) is 11.8 Å². The molecule has 0 bridgehead atoms. The molecule has 1 aromatic carbocycles. The van der Waals surface area contributed by atoms with Gasteiger partial charge in [0.15, 0.2) is 0 Å². The zero-order valence-electron chi connectivity index (χ0n) is 33.5. The second-order valence-corrected chi connectivity index (χ2v) is 17.0. The normalized spacial score (nSPS) is 22.1. The summed E-state index contributed by atoms with van der Waals surface area (Å²) in [5, 5.41) is 13.7. The van der Waals surface area contributed by atoms with Gasteiger partial charge in [-0.05, 0) is 81.6 Å². The number of carbonyl (C=O) groups is 9. The van der Waals surface area contributed by atoms with E-state index in [4.69, 9.17) is 0 Å². The maximum absolute atomic E-state index is 13.1. The van der Waals surface area contributed by atoms with Crippen molar-refractivity contribution in [3.63, 3.8) is 0 Å². The number of hydrogen-bond donors (Lipinski definition) is 5. The summed E-state index contributed by atoms with van der Waals surface area (Å²) in [6.45, 7) is 1.26. The van der Waals surface area contributed by atoms with Gasteiger partial charge >= 0.3 is 0 Å². The molecule has 2 saturated heterocycles. The van der Waals surface area contributed by atoms with E-state index in [1.807, 2.05) is 6.07 Å². The van der Waals surface area contributed by atoms with Crippen molar-refractivity contribution < 1.29 is 43.2 Å². The highest BCUT2D eigenvalue weighted by Crippen LogP contribution is 2.29. The van der Waals surface area contributed by atoms with E-state index in [0.717, 1.165) is 30.6 Å². The summed E-state index contributed by atoms with van der Waals surface area (Å²) >= 11 is 1.47. The summed E-state index contributed by atoms with van der Waals surface area (Å²) in [4.78, 5) is 114. The van der Waals surface area contributed by atoms with Crippen LogP contribution in [0.2, 0.25) is 0 Å². The molecule has 5 rings (SSSR count). The molecule has 3 heterocycles. The molecular weight excluding hydrogens is 779 g/mol. The van der Waals surface area contributed by atoms with Gasteiger partial charge in [-0.2, -0.15) is 0 Å². The summed E-state index contributed by atoms with van der Waals surface area (Å²) < 4.78 is 0. The quantitative estimate of drug-likeness (QED) is 0.0801. The smallest absolute Gasteiger partial charge is 0.253 e. The molecule has 3 atom stereocenters. The Morgan fingerprint density at radius 2 is 1.51 bits per heavy atom. The third-order valence-electron chi connectivity index (χ3n) is 11.3. The minimum atomic E-state index is -0.774. The SMILES string of the molecule is O=C(CCCCCN1C(=O)CC(SCCCCC[C@H](NC(=O)[C@H]2CCC(=O)N2)C(=O)Nc2ccccc2)C1=O)NC[C@H]1CC[C@H](C(=O)NCCN2C(=O)C=CC2=O)CC1. The number of amides is 9. The Morgan fingerprint density at radius 3 is 2.22 bits per heavy atom. The van der Waals surface area contributed by atoms with E-state index >= 15 is 0 Å². The van der Waals surface area contributed by atoms with E-state index in [-0.39, 0.29) is 85.0 Å². The van der Waals surface area contributed by atoms with Gasteiger partial charge in [-0.3, -0.25) is 53.0 Å². The molecule has 1 unspecified atom stereocenters. The second kappa shape index (κ2) is 22.9. The molecule has 1 aliphatic carbocycles. The van der Waals surface area contributed by atoms with Crippen LogP contribution >= 0.6 is 11.8 Å². The average molecular weight is 836 g/mol. The number of unbranched alkanes of at least 4 members (excludes halogenated alkanes) is 4. The molecule has 3 fully saturated rings. The lowest BCUT2D eigenvalue weighted by Crippen LogP contribution is -2.50. The van der Waals surface area contributed by atoms with E-state index in [1.54, 1.807) is 24.3 Å². The third-order valence-corrected chi connectivity index (χ3v) is 12.6. The summed E-state index contributed by atoms with van der Waals surface area (Å²) in [6.07, 6.45) is 11.3. The maximum Gasteiger partial charge on any atom is 0.253 e. The third kappa shape index (κ3) is 14.0. The van der Waals surface area contributed by atoms with E-state index < -0.39 is 17.3 Å². The van der Waals surface area contributed by atoms with Gasteiger partial charge in [-0.25, -0.2) is 0 Å². The highest BCUT2D eigenvalue weighted by molar-refractivity contribution is 8.00. The molecule has 1 aromatic rings. The highest BCUT2D eigenvalue weighted by atomic mass is 32.2. The van der Waals surface area contributed by atoms with E-state index in [2.05, 4.69) is 26.6 Å². The van der Waals surface area contributed by atoms with E-state index in [1.165, 1.54) is 28.8 Å². The summed E-state index contributed by atoms with van der Waals surface area (Å²) in [5.41, 5.74) is 0.619. The van der Waals surface area contributed by atoms with Crippen LogP contribution < -0.4 is 26.6 Å². The van der Waals surface area contributed by atoms with Gasteiger partial charge in [0.2, 0.25) is 41.4 Å². The molecule has 17 heteroatoms. The lowest BCUT2D eigenvalue weighted by Gasteiger charge is -2.28. The van der Waals surface area contributed by atoms with Crippen LogP contribution in [0.1, 0.15) is 96.3 Å². The first kappa shape index (κ1) is 45.0. The average Bonchev–Trinajstić information content (AvgIpc) is 3.89. The Bertz CT molecular complexity index is 1720. The summed E-state index contributed by atoms with van der Waals surface area (Å²) in [5.74, 6) is -1.23. The number of likely N-dealkylation sites (tertiary alicyclic amines) is 1. The topological polar surface area (TPSA) is 220 Å². The van der Waals surface area contributed by atoms with Crippen molar-refractivity contribution >= 4 is 70.6 Å². The molecule has 4 aliphatic rings. The van der Waals surface area contributed by atoms with Crippen LogP contribution in [0.25, 0.3) is 0 Å². The number of thioether (sulfide) groups is 1. The number of anilines is 1. The van der Waals surface area contributed by atoms with Gasteiger partial charge in [0.05, 0.1) is 5.25 Å². The van der Waals surface area contributed by atoms with Crippen molar-refractivity contribution in [3.05, 3.63) is 42.5 Å². The molecular formula is C42H57N7O9S. The van der Waals surface area contributed by atoms with Gasteiger partial charge in [0.1, 0.15) is 12.1 Å². The molecule has 9 amide bonds. The molecule has 1 saturated carbocycles. The Morgan fingerprint density at radius 1 is 0.780 bits per heavy atom. The van der Waals surface area contributed by atoms with Gasteiger partial charge in [-0.15, -0.1) is 11.8 Å². The molecule has 0 spiro atoms. The van der Waals surface area contributed by atoms with Crippen molar-refractivity contribution in [2.75, 3.05) is 37.2 Å². The molecule has 3 aliphatic heterocycles. The number of nitrogens with zero attached hydrogens (tertiary/aromatic N) is 2. The van der Waals surface area contributed by atoms with Crippen molar-refractivity contribution in [2.45, 2.75) is 114 Å². The number of para-hydroxylation sites is 1. The van der Waals surface area contributed by atoms with Crippen LogP contribution in [-0.4, -0.2) is 112 Å². The first-order valence-electron chi connectivity index (χ1n) is 21.0. The lowest BCUT2D eigenvalue weighted by atomic mass is 9.81. The van der Waals surface area contributed by atoms with Crippen LogP contribution in [0.15, 0.2) is 42.5 Å². The Kier molecular flexibility index (Phi) is 17.5. The highest BCUT2D eigenvalue weighted by Gasteiger charge is 2.38. The lowest BCUT2D eigenvalue weighted by molar-refractivity contribution is -0.139. The Hall–Kier alpha value is -5.06. The van der Waals surface area contributed by atoms with Gasteiger partial charge in [0, 0.05) is 69.2 Å². The minimum absolute atomic E-state index is 0.0371. The van der Waals surface area contributed by atoms with Gasteiger partial charge in [-0.1, -0.05) is 37.5 Å². The monoisotopic (exact) mass is 835 g/mol. The Balaban J connectivity index is 0.889. The van der Waals surface area contributed by atoms with Crippen LogP contribution in [0.3, 0.4) is 0 Å². The molecule has 0 radical (unpaired) electrons. The molecule has 320 valence electrons. The van der Waals surface area contributed by atoms with Crippen molar-refractivity contribution in [3.8, 4) is 0 Å². The number of carbonyl (C=O) groups excluding carboxylic acids is 9. The Labute approximate surface area is 349 Å². The first-order chi connectivity index (χ1) is 28.5. The fraction of sp³-hybridized carbons (Fsp3) is 0.595. The number of benzene rings is 1. The zero-order chi connectivity index (χ0) is 42.1. The number of nitrogens with one attached hydrogen (secondary N) is 5. The second-order valence-electron chi connectivity index (χ2n) is 15.7. The van der Waals surface area contributed by atoms with Crippen LogP contribution in [0.4, 0.5) is 5.69 Å². The predicted octanol–water partition coefficient (Wildman–Crippen LogP) is 2.33. The number of imide groups is 2. The van der Waals surface area contributed by atoms with Crippen LogP contribution in [-0.2, 0) is 43.2 Å². The van der Waals surface area contributed by atoms with E-state index in [0.29, 0.717) is 88.2 Å². The fourth-order valence-electron chi connectivity index (χ4n) is 7.77. The summed E-state index contributed by atoms with van der Waals surface area (Å²) in [6, 6.07) is 7.56. The van der Waals surface area contributed by atoms with Crippen molar-refractivity contribution in [2.24, 2.45) is 11.8 Å². The number of hydrogen-bond acceptors (Lipinski definition) is 10. The van der Waals surface area contributed by atoms with Gasteiger partial charge < -0.3 is 26.6 Å². The molecule has 0 aromatic heterocycles. The standard InChI is InChI=1S/C42H57N7O9S/c50-34(44-27-28-14-16-29(17-15-28)39(55)43-22-24-48-36(52)20-21-37(48)53)13-7-2-8-23-49-38(54)26-33(42(49)58)59-25-9-3-6-12-31(40(56)45-30-10-4-1-5-11-30)47-41(57)32-18-19-35(51)46-32/h1,4-5,10-11,20-21,28-29,31-33H,2-3,6-9,12-19,22-27H2,(H,43,55)(H,44,50)(H,45,56)(H,46,51)(H,47,57)/t28-,29-,31-,32+,33?/m0/s1. The fourth-order valence-corrected chi connectivity index (χ4v) is 8.95. The number of rotatable bonds is 23.